The van der Waals surface area contributed by atoms with Crippen molar-refractivity contribution in [1.29, 1.82) is 0 Å². The summed E-state index contributed by atoms with van der Waals surface area (Å²) in [7, 11) is 3.08. The van der Waals surface area contributed by atoms with E-state index >= 15 is 0 Å². The van der Waals surface area contributed by atoms with Gasteiger partial charge in [0.25, 0.3) is 0 Å². The topological polar surface area (TPSA) is 68.8 Å². The highest BCUT2D eigenvalue weighted by Gasteiger charge is 2.12. The van der Waals surface area contributed by atoms with Crippen LogP contribution >= 0.6 is 11.6 Å². The summed E-state index contributed by atoms with van der Waals surface area (Å²) in [6.45, 7) is 1.72. The van der Waals surface area contributed by atoms with Crippen molar-refractivity contribution in [3.63, 3.8) is 0 Å². The van der Waals surface area contributed by atoms with Crippen molar-refractivity contribution < 1.29 is 19.0 Å². The third kappa shape index (κ3) is 4.96. The third-order valence-electron chi connectivity index (χ3n) is 3.12. The molecule has 1 unspecified atom stereocenters. The van der Waals surface area contributed by atoms with Crippen LogP contribution < -0.4 is 24.8 Å². The second-order valence-corrected chi connectivity index (χ2v) is 5.32. The number of carbonyl (C=O) groups is 1. The maximum absolute atomic E-state index is 12.1. The monoisotopic (exact) mass is 350 g/mol. The number of hydrogen-bond donors (Lipinski definition) is 2. The highest BCUT2D eigenvalue weighted by atomic mass is 35.5. The molecule has 2 N–H and O–H groups in total. The van der Waals surface area contributed by atoms with Crippen LogP contribution in [0.1, 0.15) is 6.92 Å². The van der Waals surface area contributed by atoms with Crippen LogP contribution in [0.5, 0.6) is 17.2 Å². The Labute approximate surface area is 145 Å². The molecule has 2 rings (SSSR count). The Bertz CT molecular complexity index is 691. The number of methoxy groups -OCH3 is 2. The van der Waals surface area contributed by atoms with E-state index in [1.807, 2.05) is 0 Å². The highest BCUT2D eigenvalue weighted by molar-refractivity contribution is 6.30. The van der Waals surface area contributed by atoms with Gasteiger partial charge in [0.15, 0.2) is 6.23 Å². The van der Waals surface area contributed by atoms with E-state index in [4.69, 9.17) is 25.8 Å². The zero-order chi connectivity index (χ0) is 17.5. The Hall–Kier alpha value is -2.60. The van der Waals surface area contributed by atoms with E-state index < -0.39 is 12.3 Å². The standard InChI is InChI=1S/C17H19ClN2O4/c1-11(24-13-6-4-12(18)5-7-13)19-17(21)20-15-9-8-14(22-2)10-16(15)23-3/h4-11H,1-3H3,(H2,19,20,21). The smallest absolute Gasteiger partial charge is 0.322 e. The van der Waals surface area contributed by atoms with Gasteiger partial charge >= 0.3 is 6.03 Å². The molecule has 0 bridgehead atoms. The normalized spacial score (nSPS) is 11.3. The molecule has 0 saturated heterocycles. The summed E-state index contributed by atoms with van der Waals surface area (Å²) in [5, 5.41) is 6.00. The van der Waals surface area contributed by atoms with E-state index in [1.165, 1.54) is 7.11 Å². The van der Waals surface area contributed by atoms with Crippen LogP contribution in [-0.4, -0.2) is 26.5 Å². The van der Waals surface area contributed by atoms with E-state index in [9.17, 15) is 4.79 Å². The predicted molar refractivity (Wildman–Crippen MR) is 93.2 cm³/mol. The summed E-state index contributed by atoms with van der Waals surface area (Å²) in [5.41, 5.74) is 0.523. The number of carbonyl (C=O) groups excluding carboxylic acids is 1. The molecule has 0 aliphatic rings. The molecule has 0 heterocycles. The van der Waals surface area contributed by atoms with Gasteiger partial charge < -0.3 is 24.8 Å². The minimum absolute atomic E-state index is 0.417. The van der Waals surface area contributed by atoms with Gasteiger partial charge in [-0.1, -0.05) is 11.6 Å². The predicted octanol–water partition coefficient (Wildman–Crippen LogP) is 3.90. The molecule has 7 heteroatoms. The third-order valence-corrected chi connectivity index (χ3v) is 3.37. The lowest BCUT2D eigenvalue weighted by atomic mass is 10.2. The zero-order valence-corrected chi connectivity index (χ0v) is 14.4. The number of amides is 2. The Morgan fingerprint density at radius 3 is 2.33 bits per heavy atom. The number of hydrogen-bond acceptors (Lipinski definition) is 4. The number of halogens is 1. The first-order valence-electron chi connectivity index (χ1n) is 7.23. The van der Waals surface area contributed by atoms with Crippen LogP contribution in [0, 0.1) is 0 Å². The fourth-order valence-electron chi connectivity index (χ4n) is 1.99. The first kappa shape index (κ1) is 17.7. The molecule has 0 aliphatic carbocycles. The molecule has 0 aromatic heterocycles. The number of ether oxygens (including phenoxy) is 3. The maximum atomic E-state index is 12.1. The zero-order valence-electron chi connectivity index (χ0n) is 13.6. The molecule has 0 aliphatic heterocycles. The summed E-state index contributed by atoms with van der Waals surface area (Å²) in [6, 6.07) is 11.6. The van der Waals surface area contributed by atoms with Crippen LogP contribution in [0.4, 0.5) is 10.5 Å². The number of rotatable bonds is 6. The van der Waals surface area contributed by atoms with Crippen molar-refractivity contribution in [2.24, 2.45) is 0 Å². The molecule has 6 nitrogen and oxygen atoms in total. The molecule has 0 radical (unpaired) electrons. The molecule has 0 saturated carbocycles. The maximum Gasteiger partial charge on any atom is 0.322 e. The fraction of sp³-hybridized carbons (Fsp3) is 0.235. The Kier molecular flexibility index (Phi) is 6.14. The lowest BCUT2D eigenvalue weighted by Gasteiger charge is -2.17. The first-order chi connectivity index (χ1) is 11.5. The molecule has 24 heavy (non-hydrogen) atoms. The molecular weight excluding hydrogens is 332 g/mol. The molecule has 1 atom stereocenters. The average Bonchev–Trinajstić information content (AvgIpc) is 2.57. The number of nitrogens with one attached hydrogen (secondary N) is 2. The summed E-state index contributed by atoms with van der Waals surface area (Å²) in [4.78, 5) is 12.1. The van der Waals surface area contributed by atoms with E-state index in [0.29, 0.717) is 28.0 Å². The summed E-state index contributed by atoms with van der Waals surface area (Å²) < 4.78 is 15.9. The number of benzene rings is 2. The number of anilines is 1. The Balaban J connectivity index is 1.93. The number of urea groups is 1. The minimum Gasteiger partial charge on any atom is -0.497 e. The molecule has 2 aromatic carbocycles. The van der Waals surface area contributed by atoms with Crippen molar-refractivity contribution in [2.45, 2.75) is 13.2 Å². The second-order valence-electron chi connectivity index (χ2n) is 4.88. The minimum atomic E-state index is -0.532. The van der Waals surface area contributed by atoms with Crippen molar-refractivity contribution in [1.82, 2.24) is 5.32 Å². The Morgan fingerprint density at radius 1 is 1.04 bits per heavy atom. The largest absolute Gasteiger partial charge is 0.497 e. The first-order valence-corrected chi connectivity index (χ1v) is 7.61. The van der Waals surface area contributed by atoms with Gasteiger partial charge in [-0.2, -0.15) is 0 Å². The molecule has 0 fully saturated rings. The van der Waals surface area contributed by atoms with Gasteiger partial charge in [0, 0.05) is 11.1 Å². The molecular formula is C17H19ClN2O4. The van der Waals surface area contributed by atoms with Crippen LogP contribution in [0.2, 0.25) is 5.02 Å². The lowest BCUT2D eigenvalue weighted by Crippen LogP contribution is -2.39. The van der Waals surface area contributed by atoms with Gasteiger partial charge in [0.1, 0.15) is 17.2 Å². The average molecular weight is 351 g/mol. The quantitative estimate of drug-likeness (QED) is 0.775. The molecule has 0 spiro atoms. The van der Waals surface area contributed by atoms with Crippen LogP contribution in [-0.2, 0) is 0 Å². The van der Waals surface area contributed by atoms with E-state index in [0.717, 1.165) is 0 Å². The van der Waals surface area contributed by atoms with Gasteiger partial charge in [0.05, 0.1) is 19.9 Å². The van der Waals surface area contributed by atoms with Crippen LogP contribution in [0.3, 0.4) is 0 Å². The highest BCUT2D eigenvalue weighted by Crippen LogP contribution is 2.28. The SMILES string of the molecule is COc1ccc(NC(=O)NC(C)Oc2ccc(Cl)cc2)c(OC)c1. The van der Waals surface area contributed by atoms with Gasteiger partial charge in [-0.25, -0.2) is 4.79 Å². The summed E-state index contributed by atoms with van der Waals surface area (Å²) in [6.07, 6.45) is -0.532. The van der Waals surface area contributed by atoms with Crippen molar-refractivity contribution in [3.05, 3.63) is 47.5 Å². The second kappa shape index (κ2) is 8.31. The van der Waals surface area contributed by atoms with Gasteiger partial charge in [0.2, 0.25) is 0 Å². The summed E-state index contributed by atoms with van der Waals surface area (Å²) in [5.74, 6) is 1.74. The van der Waals surface area contributed by atoms with Gasteiger partial charge in [-0.3, -0.25) is 0 Å². The van der Waals surface area contributed by atoms with Crippen molar-refractivity contribution >= 4 is 23.3 Å². The van der Waals surface area contributed by atoms with E-state index in [1.54, 1.807) is 56.5 Å². The fourth-order valence-corrected chi connectivity index (χ4v) is 2.12. The lowest BCUT2D eigenvalue weighted by molar-refractivity contribution is 0.183. The van der Waals surface area contributed by atoms with Crippen molar-refractivity contribution in [3.8, 4) is 17.2 Å². The van der Waals surface area contributed by atoms with Crippen molar-refractivity contribution in [2.75, 3.05) is 19.5 Å². The van der Waals surface area contributed by atoms with Gasteiger partial charge in [-0.05, 0) is 43.3 Å². The van der Waals surface area contributed by atoms with Gasteiger partial charge in [-0.15, -0.1) is 0 Å². The van der Waals surface area contributed by atoms with Crippen LogP contribution in [0.25, 0.3) is 0 Å². The van der Waals surface area contributed by atoms with E-state index in [2.05, 4.69) is 10.6 Å². The molecule has 128 valence electrons. The van der Waals surface area contributed by atoms with Crippen LogP contribution in [0.15, 0.2) is 42.5 Å². The molecule has 2 aromatic rings. The molecule has 2 amide bonds. The Morgan fingerprint density at radius 2 is 1.71 bits per heavy atom. The van der Waals surface area contributed by atoms with E-state index in [-0.39, 0.29) is 0 Å². The summed E-state index contributed by atoms with van der Waals surface area (Å²) >= 11 is 5.82.